The van der Waals surface area contributed by atoms with E-state index in [1.165, 1.54) is 0 Å². The van der Waals surface area contributed by atoms with Crippen LogP contribution in [0.2, 0.25) is 0 Å². The van der Waals surface area contributed by atoms with Crippen LogP contribution in [0.5, 0.6) is 0 Å². The second-order valence-electron chi connectivity index (χ2n) is 3.92. The van der Waals surface area contributed by atoms with Gasteiger partial charge in [-0.25, -0.2) is 0 Å². The lowest BCUT2D eigenvalue weighted by atomic mass is 10.1. The first-order valence-electron chi connectivity index (χ1n) is 5.47. The summed E-state index contributed by atoms with van der Waals surface area (Å²) >= 11 is 0. The summed E-state index contributed by atoms with van der Waals surface area (Å²) in [6.45, 7) is 2.36. The van der Waals surface area contributed by atoms with E-state index in [1.807, 2.05) is 17.8 Å². The van der Waals surface area contributed by atoms with E-state index >= 15 is 0 Å². The second kappa shape index (κ2) is 3.84. The number of ether oxygens (including phenoxy) is 1. The molecular weight excluding hydrogens is 204 g/mol. The highest BCUT2D eigenvalue weighted by atomic mass is 16.5. The number of nitrogens with one attached hydrogen (secondary N) is 1. The van der Waals surface area contributed by atoms with Crippen molar-refractivity contribution in [3.63, 3.8) is 0 Å². The van der Waals surface area contributed by atoms with Gasteiger partial charge in [-0.3, -0.25) is 9.67 Å². The highest BCUT2D eigenvalue weighted by Crippen LogP contribution is 2.28. The van der Waals surface area contributed by atoms with Gasteiger partial charge in [0.25, 0.3) is 0 Å². The summed E-state index contributed by atoms with van der Waals surface area (Å²) in [6, 6.07) is 2.01. The summed E-state index contributed by atoms with van der Waals surface area (Å²) in [5, 5.41) is 8.83. The highest BCUT2D eigenvalue weighted by Gasteiger charge is 2.24. The number of likely N-dealkylation sites (N-methyl/N-ethyl adjacent to an activating group) is 1. The Bertz CT molecular complexity index is 508. The van der Waals surface area contributed by atoms with Crippen molar-refractivity contribution in [3.8, 4) is 0 Å². The molecule has 0 radical (unpaired) electrons. The first-order valence-corrected chi connectivity index (χ1v) is 5.47. The van der Waals surface area contributed by atoms with Gasteiger partial charge in [0.1, 0.15) is 11.6 Å². The van der Waals surface area contributed by atoms with Crippen LogP contribution in [-0.4, -0.2) is 35.0 Å². The molecule has 0 aliphatic carbocycles. The van der Waals surface area contributed by atoms with Crippen molar-refractivity contribution in [2.24, 2.45) is 0 Å². The van der Waals surface area contributed by atoms with E-state index in [2.05, 4.69) is 15.4 Å². The molecule has 0 bridgehead atoms. The zero-order valence-electron chi connectivity index (χ0n) is 9.18. The maximum atomic E-state index is 5.77. The third kappa shape index (κ3) is 1.40. The summed E-state index contributed by atoms with van der Waals surface area (Å²) in [4.78, 5) is 4.10. The number of fused-ring (bicyclic) bond motifs is 3. The van der Waals surface area contributed by atoms with Gasteiger partial charge in [-0.05, 0) is 13.1 Å². The van der Waals surface area contributed by atoms with Crippen molar-refractivity contribution in [3.05, 3.63) is 24.2 Å². The predicted octanol–water partition coefficient (Wildman–Crippen LogP) is 0.722. The third-order valence-corrected chi connectivity index (χ3v) is 2.90. The minimum atomic E-state index is 0.0890. The lowest BCUT2D eigenvalue weighted by Crippen LogP contribution is -2.28. The molecule has 1 unspecified atom stereocenters. The van der Waals surface area contributed by atoms with Crippen LogP contribution in [0.3, 0.4) is 0 Å². The summed E-state index contributed by atoms with van der Waals surface area (Å²) in [7, 11) is 1.93. The first-order chi connectivity index (χ1) is 7.90. The summed E-state index contributed by atoms with van der Waals surface area (Å²) < 4.78 is 7.81. The third-order valence-electron chi connectivity index (χ3n) is 2.90. The van der Waals surface area contributed by atoms with E-state index in [9.17, 15) is 0 Å². The zero-order valence-corrected chi connectivity index (χ0v) is 9.18. The van der Waals surface area contributed by atoms with Gasteiger partial charge in [-0.15, -0.1) is 0 Å². The fourth-order valence-electron chi connectivity index (χ4n) is 2.22. The summed E-state index contributed by atoms with van der Waals surface area (Å²) in [5.74, 6) is 0. The minimum absolute atomic E-state index is 0.0890. The zero-order chi connectivity index (χ0) is 11.0. The monoisotopic (exact) mass is 218 g/mol. The molecule has 2 aromatic rings. The highest BCUT2D eigenvalue weighted by molar-refractivity contribution is 5.81. The van der Waals surface area contributed by atoms with E-state index in [0.717, 1.165) is 36.3 Å². The van der Waals surface area contributed by atoms with Gasteiger partial charge in [-0.1, -0.05) is 0 Å². The van der Waals surface area contributed by atoms with Crippen molar-refractivity contribution in [2.75, 3.05) is 20.2 Å². The van der Waals surface area contributed by atoms with E-state index < -0.39 is 0 Å². The molecule has 0 aromatic carbocycles. The van der Waals surface area contributed by atoms with Gasteiger partial charge < -0.3 is 10.1 Å². The number of hydrogen-bond donors (Lipinski definition) is 1. The maximum absolute atomic E-state index is 5.77. The van der Waals surface area contributed by atoms with E-state index in [-0.39, 0.29) is 6.10 Å². The van der Waals surface area contributed by atoms with Crippen LogP contribution < -0.4 is 5.32 Å². The molecule has 5 heteroatoms. The van der Waals surface area contributed by atoms with Crippen LogP contribution in [0.25, 0.3) is 10.9 Å². The van der Waals surface area contributed by atoms with Crippen LogP contribution in [-0.2, 0) is 11.3 Å². The molecule has 84 valence electrons. The Labute approximate surface area is 93.4 Å². The van der Waals surface area contributed by atoms with Gasteiger partial charge in [0.2, 0.25) is 0 Å². The van der Waals surface area contributed by atoms with Crippen molar-refractivity contribution >= 4 is 10.9 Å². The number of rotatable bonds is 2. The molecule has 0 amide bonds. The lowest BCUT2D eigenvalue weighted by Gasteiger charge is -2.24. The second-order valence-corrected chi connectivity index (χ2v) is 3.92. The Kier molecular flexibility index (Phi) is 2.34. The smallest absolute Gasteiger partial charge is 0.112 e. The Morgan fingerprint density at radius 2 is 2.56 bits per heavy atom. The molecular formula is C11H14N4O. The number of aromatic nitrogens is 3. The van der Waals surface area contributed by atoms with Crippen LogP contribution in [0, 0.1) is 0 Å². The maximum Gasteiger partial charge on any atom is 0.112 e. The fourth-order valence-corrected chi connectivity index (χ4v) is 2.22. The molecule has 3 rings (SSSR count). The molecule has 0 saturated heterocycles. The average molecular weight is 218 g/mol. The van der Waals surface area contributed by atoms with Gasteiger partial charge in [0.05, 0.1) is 25.0 Å². The van der Waals surface area contributed by atoms with Crippen molar-refractivity contribution < 1.29 is 4.74 Å². The molecule has 1 aliphatic heterocycles. The Morgan fingerprint density at radius 1 is 1.62 bits per heavy atom. The van der Waals surface area contributed by atoms with E-state index in [0.29, 0.717) is 0 Å². The normalized spacial score (nSPS) is 19.9. The summed E-state index contributed by atoms with van der Waals surface area (Å²) in [6.07, 6.45) is 3.69. The molecule has 5 nitrogen and oxygen atoms in total. The molecule has 2 aromatic heterocycles. The first kappa shape index (κ1) is 9.74. The van der Waals surface area contributed by atoms with E-state index in [1.54, 1.807) is 12.4 Å². The van der Waals surface area contributed by atoms with Gasteiger partial charge in [0, 0.05) is 18.1 Å². The van der Waals surface area contributed by atoms with Crippen LogP contribution in [0.4, 0.5) is 0 Å². The SMILES string of the molecule is CNCC1OCCn2nc3cnccc3c21. The van der Waals surface area contributed by atoms with Crippen molar-refractivity contribution in [1.29, 1.82) is 0 Å². The van der Waals surface area contributed by atoms with Crippen molar-refractivity contribution in [2.45, 2.75) is 12.6 Å². The van der Waals surface area contributed by atoms with E-state index in [4.69, 9.17) is 4.74 Å². The lowest BCUT2D eigenvalue weighted by molar-refractivity contribution is 0.0195. The van der Waals surface area contributed by atoms with Crippen LogP contribution in [0.1, 0.15) is 11.8 Å². The van der Waals surface area contributed by atoms with Gasteiger partial charge in [0.15, 0.2) is 0 Å². The van der Waals surface area contributed by atoms with Gasteiger partial charge >= 0.3 is 0 Å². The Hall–Kier alpha value is -1.46. The summed E-state index contributed by atoms with van der Waals surface area (Å²) in [5.41, 5.74) is 2.11. The van der Waals surface area contributed by atoms with Crippen LogP contribution in [0.15, 0.2) is 18.5 Å². The molecule has 0 saturated carbocycles. The molecule has 1 N–H and O–H groups in total. The molecule has 0 spiro atoms. The number of pyridine rings is 1. The quantitative estimate of drug-likeness (QED) is 0.807. The van der Waals surface area contributed by atoms with Crippen LogP contribution >= 0.6 is 0 Å². The van der Waals surface area contributed by atoms with Gasteiger partial charge in [-0.2, -0.15) is 5.10 Å². The topological polar surface area (TPSA) is 52.0 Å². The molecule has 16 heavy (non-hydrogen) atoms. The molecule has 3 heterocycles. The number of nitrogens with zero attached hydrogens (tertiary/aromatic N) is 3. The predicted molar refractivity (Wildman–Crippen MR) is 60.1 cm³/mol. The standard InChI is InChI=1S/C11H14N4O/c1-12-7-10-11-8-2-3-13-6-9(8)14-15(11)4-5-16-10/h2-3,6,10,12H,4-5,7H2,1H3. The largest absolute Gasteiger partial charge is 0.369 e. The Balaban J connectivity index is 2.16. The Morgan fingerprint density at radius 3 is 3.44 bits per heavy atom. The minimum Gasteiger partial charge on any atom is -0.369 e. The molecule has 0 fully saturated rings. The fraction of sp³-hybridized carbons (Fsp3) is 0.455. The molecule has 1 atom stereocenters. The average Bonchev–Trinajstić information content (AvgIpc) is 2.68. The number of hydrogen-bond acceptors (Lipinski definition) is 4. The van der Waals surface area contributed by atoms with Crippen molar-refractivity contribution in [1.82, 2.24) is 20.1 Å². The molecule has 1 aliphatic rings.